The van der Waals surface area contributed by atoms with Crippen molar-refractivity contribution in [3.05, 3.63) is 53.7 Å². The van der Waals surface area contributed by atoms with Crippen molar-refractivity contribution in [2.75, 3.05) is 24.2 Å². The molecule has 0 unspecified atom stereocenters. The Morgan fingerprint density at radius 3 is 2.65 bits per heavy atom. The van der Waals surface area contributed by atoms with Gasteiger partial charge in [0.2, 0.25) is 0 Å². The molecular weight excluding hydrogens is 252 g/mol. The summed E-state index contributed by atoms with van der Waals surface area (Å²) in [5, 5.41) is 0. The Morgan fingerprint density at radius 2 is 2.00 bits per heavy atom. The van der Waals surface area contributed by atoms with E-state index in [1.54, 1.807) is 6.07 Å². The second-order valence-electron chi connectivity index (χ2n) is 4.66. The topological polar surface area (TPSA) is 85.2 Å². The molecule has 0 radical (unpaired) electrons. The molecule has 5 nitrogen and oxygen atoms in total. The number of hydrogen-bond acceptors (Lipinski definition) is 4. The summed E-state index contributed by atoms with van der Waals surface area (Å²) in [6, 6.07) is 11.7. The van der Waals surface area contributed by atoms with Gasteiger partial charge in [-0.25, -0.2) is 4.98 Å². The molecule has 0 bridgehead atoms. The summed E-state index contributed by atoms with van der Waals surface area (Å²) in [6.45, 7) is 0.737. The summed E-state index contributed by atoms with van der Waals surface area (Å²) < 4.78 is 0. The monoisotopic (exact) mass is 270 g/mol. The lowest BCUT2D eigenvalue weighted by atomic mass is 10.1. The van der Waals surface area contributed by atoms with Gasteiger partial charge in [-0.1, -0.05) is 30.3 Å². The third kappa shape index (κ3) is 3.26. The summed E-state index contributed by atoms with van der Waals surface area (Å²) in [5.41, 5.74) is 13.0. The summed E-state index contributed by atoms with van der Waals surface area (Å²) in [4.78, 5) is 17.6. The first-order chi connectivity index (χ1) is 9.58. The van der Waals surface area contributed by atoms with Gasteiger partial charge in [0.15, 0.2) is 0 Å². The number of hydrogen-bond donors (Lipinski definition) is 2. The lowest BCUT2D eigenvalue weighted by molar-refractivity contribution is 0.100. The molecular formula is C15H18N4O. The molecule has 0 aliphatic carbocycles. The van der Waals surface area contributed by atoms with Crippen LogP contribution in [0.2, 0.25) is 0 Å². The molecule has 5 heteroatoms. The minimum Gasteiger partial charge on any atom is -0.397 e. The molecule has 1 heterocycles. The standard InChI is InChI=1S/C15H18N4O/c1-19(8-7-11-5-3-2-4-6-11)15-13(14(17)20)9-12(16)10-18-15/h2-6,9-10H,7-8,16H2,1H3,(H2,17,20). The number of nitrogens with two attached hydrogens (primary N) is 2. The SMILES string of the molecule is CN(CCc1ccccc1)c1ncc(N)cc1C(N)=O. The summed E-state index contributed by atoms with van der Waals surface area (Å²) in [6.07, 6.45) is 2.39. The van der Waals surface area contributed by atoms with Gasteiger partial charge >= 0.3 is 0 Å². The quantitative estimate of drug-likeness (QED) is 0.861. The number of primary amides is 1. The number of pyridine rings is 1. The van der Waals surface area contributed by atoms with E-state index in [0.29, 0.717) is 17.1 Å². The fourth-order valence-corrected chi connectivity index (χ4v) is 2.01. The van der Waals surface area contributed by atoms with Gasteiger partial charge in [0.05, 0.1) is 17.4 Å². The van der Waals surface area contributed by atoms with Crippen LogP contribution in [0.1, 0.15) is 15.9 Å². The Morgan fingerprint density at radius 1 is 1.30 bits per heavy atom. The highest BCUT2D eigenvalue weighted by Crippen LogP contribution is 2.18. The van der Waals surface area contributed by atoms with E-state index >= 15 is 0 Å². The van der Waals surface area contributed by atoms with Crippen LogP contribution in [0, 0.1) is 0 Å². The first kappa shape index (κ1) is 13.9. The van der Waals surface area contributed by atoms with Crippen molar-refractivity contribution in [3.8, 4) is 0 Å². The Bertz CT molecular complexity index is 598. The van der Waals surface area contributed by atoms with Crippen molar-refractivity contribution in [2.24, 2.45) is 5.73 Å². The number of aromatic nitrogens is 1. The molecule has 2 rings (SSSR count). The predicted octanol–water partition coefficient (Wildman–Crippen LogP) is 1.44. The zero-order chi connectivity index (χ0) is 14.5. The number of nitrogens with zero attached hydrogens (tertiary/aromatic N) is 2. The predicted molar refractivity (Wildman–Crippen MR) is 80.6 cm³/mol. The molecule has 20 heavy (non-hydrogen) atoms. The molecule has 0 fully saturated rings. The highest BCUT2D eigenvalue weighted by molar-refractivity contribution is 5.98. The van der Waals surface area contributed by atoms with Gasteiger partial charge in [-0.05, 0) is 18.1 Å². The van der Waals surface area contributed by atoms with Crippen molar-refractivity contribution in [1.82, 2.24) is 4.98 Å². The number of carbonyl (C=O) groups excluding carboxylic acids is 1. The third-order valence-electron chi connectivity index (χ3n) is 3.09. The summed E-state index contributed by atoms with van der Waals surface area (Å²) in [7, 11) is 1.88. The largest absolute Gasteiger partial charge is 0.397 e. The van der Waals surface area contributed by atoms with Crippen LogP contribution in [0.3, 0.4) is 0 Å². The van der Waals surface area contributed by atoms with Crippen LogP contribution in [0.5, 0.6) is 0 Å². The number of benzene rings is 1. The normalized spacial score (nSPS) is 10.2. The third-order valence-corrected chi connectivity index (χ3v) is 3.09. The van der Waals surface area contributed by atoms with E-state index in [1.807, 2.05) is 30.1 Å². The zero-order valence-corrected chi connectivity index (χ0v) is 11.4. The van der Waals surface area contributed by atoms with Gasteiger partial charge < -0.3 is 16.4 Å². The molecule has 0 saturated heterocycles. The van der Waals surface area contributed by atoms with E-state index in [0.717, 1.165) is 13.0 Å². The van der Waals surface area contributed by atoms with Crippen molar-refractivity contribution in [3.63, 3.8) is 0 Å². The van der Waals surface area contributed by atoms with E-state index in [-0.39, 0.29) is 0 Å². The Balaban J connectivity index is 2.13. The van der Waals surface area contributed by atoms with Crippen LogP contribution in [-0.4, -0.2) is 24.5 Å². The second-order valence-corrected chi connectivity index (χ2v) is 4.66. The van der Waals surface area contributed by atoms with Crippen molar-refractivity contribution >= 4 is 17.4 Å². The van der Waals surface area contributed by atoms with Gasteiger partial charge in [0.1, 0.15) is 5.82 Å². The van der Waals surface area contributed by atoms with E-state index < -0.39 is 5.91 Å². The molecule has 0 atom stereocenters. The number of nitrogen functional groups attached to an aromatic ring is 1. The fraction of sp³-hybridized carbons (Fsp3) is 0.200. The first-order valence-corrected chi connectivity index (χ1v) is 6.38. The molecule has 104 valence electrons. The summed E-state index contributed by atoms with van der Waals surface area (Å²) in [5.74, 6) is 0.0361. The second kappa shape index (κ2) is 6.06. The van der Waals surface area contributed by atoms with Gasteiger partial charge in [0.25, 0.3) is 5.91 Å². The minimum absolute atomic E-state index is 0.348. The van der Waals surface area contributed by atoms with Gasteiger partial charge in [-0.15, -0.1) is 0 Å². The smallest absolute Gasteiger partial charge is 0.252 e. The van der Waals surface area contributed by atoms with Crippen LogP contribution >= 0.6 is 0 Å². The number of rotatable bonds is 5. The molecule has 0 saturated carbocycles. The van der Waals surface area contributed by atoms with Crippen LogP contribution in [0.15, 0.2) is 42.6 Å². The van der Waals surface area contributed by atoms with Gasteiger partial charge in [0, 0.05) is 13.6 Å². The van der Waals surface area contributed by atoms with Crippen LogP contribution < -0.4 is 16.4 Å². The highest BCUT2D eigenvalue weighted by Gasteiger charge is 2.14. The number of amides is 1. The number of likely N-dealkylation sites (N-methyl/N-ethyl adjacent to an activating group) is 1. The Hall–Kier alpha value is -2.56. The lowest BCUT2D eigenvalue weighted by Crippen LogP contribution is -2.25. The highest BCUT2D eigenvalue weighted by atomic mass is 16.1. The molecule has 1 aromatic heterocycles. The molecule has 0 aliphatic heterocycles. The van der Waals surface area contributed by atoms with Crippen molar-refractivity contribution in [2.45, 2.75) is 6.42 Å². The zero-order valence-electron chi connectivity index (χ0n) is 11.4. The van der Waals surface area contributed by atoms with Crippen LogP contribution in [0.25, 0.3) is 0 Å². The van der Waals surface area contributed by atoms with Crippen molar-refractivity contribution < 1.29 is 4.79 Å². The minimum atomic E-state index is -0.522. The Labute approximate surface area is 118 Å². The van der Waals surface area contributed by atoms with Gasteiger partial charge in [-0.2, -0.15) is 0 Å². The number of anilines is 2. The van der Waals surface area contributed by atoms with E-state index in [2.05, 4.69) is 17.1 Å². The molecule has 1 aromatic carbocycles. The maximum Gasteiger partial charge on any atom is 0.252 e. The lowest BCUT2D eigenvalue weighted by Gasteiger charge is -2.20. The average molecular weight is 270 g/mol. The van der Waals surface area contributed by atoms with Crippen LogP contribution in [0.4, 0.5) is 11.5 Å². The molecule has 0 aliphatic rings. The van der Waals surface area contributed by atoms with Crippen LogP contribution in [-0.2, 0) is 6.42 Å². The average Bonchev–Trinajstić information content (AvgIpc) is 2.45. The van der Waals surface area contributed by atoms with Gasteiger partial charge in [-0.3, -0.25) is 4.79 Å². The van der Waals surface area contributed by atoms with E-state index in [9.17, 15) is 4.79 Å². The molecule has 1 amide bonds. The fourth-order valence-electron chi connectivity index (χ4n) is 2.01. The maximum absolute atomic E-state index is 11.5. The van der Waals surface area contributed by atoms with E-state index in [1.165, 1.54) is 11.8 Å². The van der Waals surface area contributed by atoms with E-state index in [4.69, 9.17) is 11.5 Å². The molecule has 0 spiro atoms. The molecule has 2 aromatic rings. The van der Waals surface area contributed by atoms with Crippen molar-refractivity contribution in [1.29, 1.82) is 0 Å². The first-order valence-electron chi connectivity index (χ1n) is 6.38. The Kier molecular flexibility index (Phi) is 4.20. The number of carbonyl (C=O) groups is 1. The summed E-state index contributed by atoms with van der Waals surface area (Å²) >= 11 is 0. The maximum atomic E-state index is 11.5. The molecule has 4 N–H and O–H groups in total.